The number of esters is 1. The minimum atomic E-state index is -0.680. The summed E-state index contributed by atoms with van der Waals surface area (Å²) in [6, 6.07) is 17.0. The van der Waals surface area contributed by atoms with Gasteiger partial charge in [-0.25, -0.2) is 9.18 Å². The van der Waals surface area contributed by atoms with E-state index in [1.54, 1.807) is 36.4 Å². The number of ketones is 1. The van der Waals surface area contributed by atoms with E-state index in [1.165, 1.54) is 37.3 Å². The lowest BCUT2D eigenvalue weighted by Gasteiger charge is -2.14. The standard InChI is InChI=1S/C26H24FNO6/c1-3-32-23-13-12-18(17(2)29)14-19(23)15-34-26(31)20-8-4-7-11-24(20)33-16-25(30)28-22-10-6-5-9-21(22)27/h4-14H,3,15-16H2,1-2H3,(H,28,30). The molecule has 0 aliphatic carbocycles. The molecule has 34 heavy (non-hydrogen) atoms. The third-order valence-electron chi connectivity index (χ3n) is 4.74. The SMILES string of the molecule is CCOc1ccc(C(C)=O)cc1COC(=O)c1ccccc1OCC(=O)Nc1ccccc1F. The van der Waals surface area contributed by atoms with E-state index >= 15 is 0 Å². The molecule has 0 saturated carbocycles. The molecule has 0 aliphatic heterocycles. The van der Waals surface area contributed by atoms with Gasteiger partial charge >= 0.3 is 5.97 Å². The van der Waals surface area contributed by atoms with Crippen LogP contribution in [-0.2, 0) is 16.1 Å². The van der Waals surface area contributed by atoms with Gasteiger partial charge in [0.15, 0.2) is 12.4 Å². The highest BCUT2D eigenvalue weighted by atomic mass is 19.1. The first kappa shape index (κ1) is 24.4. The fourth-order valence-corrected chi connectivity index (χ4v) is 3.08. The van der Waals surface area contributed by atoms with Crippen LogP contribution in [0.1, 0.15) is 40.1 Å². The number of anilines is 1. The van der Waals surface area contributed by atoms with Crippen LogP contribution in [0.4, 0.5) is 10.1 Å². The lowest BCUT2D eigenvalue weighted by atomic mass is 10.1. The van der Waals surface area contributed by atoms with E-state index in [-0.39, 0.29) is 29.4 Å². The van der Waals surface area contributed by atoms with E-state index in [4.69, 9.17) is 14.2 Å². The Hall–Kier alpha value is -4.20. The van der Waals surface area contributed by atoms with Gasteiger partial charge in [0.1, 0.15) is 29.5 Å². The highest BCUT2D eigenvalue weighted by molar-refractivity contribution is 5.95. The minimum absolute atomic E-state index is 0.0293. The average molecular weight is 465 g/mol. The van der Waals surface area contributed by atoms with Crippen molar-refractivity contribution in [2.75, 3.05) is 18.5 Å². The predicted octanol–water partition coefficient (Wildman–Crippen LogP) is 4.80. The summed E-state index contributed by atoms with van der Waals surface area (Å²) in [4.78, 5) is 36.6. The van der Waals surface area contributed by atoms with Gasteiger partial charge in [0, 0.05) is 11.1 Å². The van der Waals surface area contributed by atoms with Crippen molar-refractivity contribution in [1.29, 1.82) is 0 Å². The highest BCUT2D eigenvalue weighted by Crippen LogP contribution is 2.24. The molecule has 7 nitrogen and oxygen atoms in total. The number of carbonyl (C=O) groups is 3. The number of hydrogen-bond donors (Lipinski definition) is 1. The Bertz CT molecular complexity index is 1190. The van der Waals surface area contributed by atoms with Crippen molar-refractivity contribution in [3.05, 3.63) is 89.2 Å². The zero-order valence-corrected chi connectivity index (χ0v) is 18.8. The topological polar surface area (TPSA) is 90.9 Å². The van der Waals surface area contributed by atoms with Gasteiger partial charge in [0.25, 0.3) is 5.91 Å². The Morgan fingerprint density at radius 1 is 0.912 bits per heavy atom. The quantitative estimate of drug-likeness (QED) is 0.342. The summed E-state index contributed by atoms with van der Waals surface area (Å²) in [6.07, 6.45) is 0. The van der Waals surface area contributed by atoms with E-state index in [2.05, 4.69) is 5.32 Å². The zero-order valence-electron chi connectivity index (χ0n) is 18.8. The van der Waals surface area contributed by atoms with Gasteiger partial charge in [-0.3, -0.25) is 9.59 Å². The van der Waals surface area contributed by atoms with Crippen LogP contribution < -0.4 is 14.8 Å². The van der Waals surface area contributed by atoms with E-state index in [0.717, 1.165) is 0 Å². The van der Waals surface area contributed by atoms with Crippen LogP contribution in [0.5, 0.6) is 11.5 Å². The fraction of sp³-hybridized carbons (Fsp3) is 0.192. The lowest BCUT2D eigenvalue weighted by Crippen LogP contribution is -2.21. The number of ether oxygens (including phenoxy) is 3. The maximum absolute atomic E-state index is 13.7. The first-order valence-corrected chi connectivity index (χ1v) is 10.6. The van der Waals surface area contributed by atoms with Crippen molar-refractivity contribution in [2.24, 2.45) is 0 Å². The smallest absolute Gasteiger partial charge is 0.342 e. The van der Waals surface area contributed by atoms with Crippen LogP contribution in [0.15, 0.2) is 66.7 Å². The predicted molar refractivity (Wildman–Crippen MR) is 124 cm³/mol. The summed E-state index contributed by atoms with van der Waals surface area (Å²) >= 11 is 0. The molecule has 0 atom stereocenters. The molecule has 0 spiro atoms. The Kier molecular flexibility index (Phi) is 8.34. The molecule has 0 heterocycles. The molecular weight excluding hydrogens is 441 g/mol. The molecule has 3 rings (SSSR count). The molecule has 1 amide bonds. The summed E-state index contributed by atoms with van der Waals surface area (Å²) < 4.78 is 30.2. The Morgan fingerprint density at radius 2 is 1.65 bits per heavy atom. The average Bonchev–Trinajstić information content (AvgIpc) is 2.83. The van der Waals surface area contributed by atoms with Crippen LogP contribution in [0.3, 0.4) is 0 Å². The Morgan fingerprint density at radius 3 is 2.38 bits per heavy atom. The molecule has 176 valence electrons. The number of halogens is 1. The molecule has 0 fully saturated rings. The van der Waals surface area contributed by atoms with Gasteiger partial charge in [0.05, 0.1) is 12.3 Å². The van der Waals surface area contributed by atoms with Crippen molar-refractivity contribution in [3.63, 3.8) is 0 Å². The van der Waals surface area contributed by atoms with E-state index in [9.17, 15) is 18.8 Å². The molecule has 8 heteroatoms. The summed E-state index contributed by atoms with van der Waals surface area (Å²) in [5, 5.41) is 2.41. The van der Waals surface area contributed by atoms with Gasteiger partial charge in [-0.1, -0.05) is 24.3 Å². The first-order chi connectivity index (χ1) is 16.4. The van der Waals surface area contributed by atoms with Gasteiger partial charge in [0.2, 0.25) is 0 Å². The van der Waals surface area contributed by atoms with E-state index in [1.807, 2.05) is 6.92 Å². The zero-order chi connectivity index (χ0) is 24.5. The number of Topliss-reactive ketones (excluding diaryl/α,β-unsaturated/α-hetero) is 1. The fourth-order valence-electron chi connectivity index (χ4n) is 3.08. The second-order valence-electron chi connectivity index (χ2n) is 7.20. The number of nitrogens with one attached hydrogen (secondary N) is 1. The van der Waals surface area contributed by atoms with Gasteiger partial charge in [-0.05, 0) is 56.3 Å². The number of amides is 1. The molecular formula is C26H24FNO6. The van der Waals surface area contributed by atoms with Crippen LogP contribution >= 0.6 is 0 Å². The van der Waals surface area contributed by atoms with E-state index in [0.29, 0.717) is 23.5 Å². The number of para-hydroxylation sites is 2. The summed E-state index contributed by atoms with van der Waals surface area (Å²) in [7, 11) is 0. The normalized spacial score (nSPS) is 10.3. The van der Waals surface area contributed by atoms with Crippen molar-refractivity contribution < 1.29 is 33.0 Å². The maximum atomic E-state index is 13.7. The first-order valence-electron chi connectivity index (χ1n) is 10.6. The number of rotatable bonds is 10. The van der Waals surface area contributed by atoms with Crippen LogP contribution in [0.2, 0.25) is 0 Å². The van der Waals surface area contributed by atoms with Gasteiger partial charge in [-0.2, -0.15) is 0 Å². The van der Waals surface area contributed by atoms with Gasteiger partial charge in [-0.15, -0.1) is 0 Å². The summed E-state index contributed by atoms with van der Waals surface area (Å²) in [5.74, 6) is -1.31. The van der Waals surface area contributed by atoms with Crippen molar-refractivity contribution in [2.45, 2.75) is 20.5 Å². The largest absolute Gasteiger partial charge is 0.493 e. The van der Waals surface area contributed by atoms with Crippen molar-refractivity contribution >= 4 is 23.3 Å². The van der Waals surface area contributed by atoms with Gasteiger partial charge < -0.3 is 19.5 Å². The molecule has 0 aliphatic rings. The molecule has 1 N–H and O–H groups in total. The number of carbonyl (C=O) groups excluding carboxylic acids is 3. The third-order valence-corrected chi connectivity index (χ3v) is 4.74. The Labute approximate surface area is 196 Å². The van der Waals surface area contributed by atoms with Crippen molar-refractivity contribution in [3.8, 4) is 11.5 Å². The highest BCUT2D eigenvalue weighted by Gasteiger charge is 2.17. The lowest BCUT2D eigenvalue weighted by molar-refractivity contribution is -0.118. The Balaban J connectivity index is 1.66. The third kappa shape index (κ3) is 6.41. The summed E-state index contributed by atoms with van der Waals surface area (Å²) in [6.45, 7) is 3.11. The maximum Gasteiger partial charge on any atom is 0.342 e. The number of hydrogen-bond acceptors (Lipinski definition) is 6. The molecule has 0 radical (unpaired) electrons. The second-order valence-corrected chi connectivity index (χ2v) is 7.20. The molecule has 0 aromatic heterocycles. The van der Waals surface area contributed by atoms with Crippen LogP contribution in [0.25, 0.3) is 0 Å². The molecule has 0 saturated heterocycles. The monoisotopic (exact) mass is 465 g/mol. The summed E-state index contributed by atoms with van der Waals surface area (Å²) in [5.41, 5.74) is 1.16. The van der Waals surface area contributed by atoms with Crippen LogP contribution in [0, 0.1) is 5.82 Å². The van der Waals surface area contributed by atoms with Crippen LogP contribution in [-0.4, -0.2) is 30.9 Å². The molecule has 0 unspecified atom stereocenters. The minimum Gasteiger partial charge on any atom is -0.493 e. The molecule has 3 aromatic carbocycles. The van der Waals surface area contributed by atoms with Crippen molar-refractivity contribution in [1.82, 2.24) is 0 Å². The number of benzene rings is 3. The molecule has 0 bridgehead atoms. The molecule has 3 aromatic rings. The van der Waals surface area contributed by atoms with E-state index < -0.39 is 24.3 Å². The second kappa shape index (κ2) is 11.6.